The van der Waals surface area contributed by atoms with Crippen molar-refractivity contribution >= 4 is 0 Å². The van der Waals surface area contributed by atoms with Crippen molar-refractivity contribution in [3.63, 3.8) is 0 Å². The second-order valence-electron chi connectivity index (χ2n) is 4.64. The minimum absolute atomic E-state index is 0.0562. The van der Waals surface area contributed by atoms with Crippen LogP contribution in [0.5, 0.6) is 0 Å². The van der Waals surface area contributed by atoms with E-state index < -0.39 is 0 Å². The molecule has 0 bridgehead atoms. The van der Waals surface area contributed by atoms with Crippen LogP contribution in [-0.4, -0.2) is 6.54 Å². The van der Waals surface area contributed by atoms with Gasteiger partial charge in [-0.3, -0.25) is 0 Å². The van der Waals surface area contributed by atoms with Gasteiger partial charge in [0.05, 0.1) is 0 Å². The average molecular weight is 205 g/mol. The minimum Gasteiger partial charge on any atom is -0.310 e. The molecule has 2 heteroatoms. The van der Waals surface area contributed by atoms with Gasteiger partial charge in [0.2, 0.25) is 0 Å². The fraction of sp³-hybridized carbons (Fsp3) is 0.538. The molecule has 1 aliphatic carbocycles. The highest BCUT2D eigenvalue weighted by atomic mass is 19.1. The molecule has 1 nitrogen and oxygen atoms in total. The molecule has 3 rings (SSSR count). The summed E-state index contributed by atoms with van der Waals surface area (Å²) in [7, 11) is 0. The van der Waals surface area contributed by atoms with Crippen molar-refractivity contribution in [2.45, 2.75) is 38.1 Å². The highest BCUT2D eigenvalue weighted by Gasteiger charge is 2.23. The third-order valence-electron chi connectivity index (χ3n) is 3.65. The Morgan fingerprint density at radius 1 is 1.20 bits per heavy atom. The molecular formula is C13H16FN. The Balaban J connectivity index is 2.05. The molecule has 80 valence electrons. The second kappa shape index (κ2) is 3.60. The van der Waals surface area contributed by atoms with Crippen molar-refractivity contribution < 1.29 is 4.39 Å². The molecule has 0 radical (unpaired) electrons. The van der Waals surface area contributed by atoms with Gasteiger partial charge < -0.3 is 5.32 Å². The lowest BCUT2D eigenvalue weighted by molar-refractivity contribution is 0.602. The zero-order chi connectivity index (χ0) is 10.3. The predicted octanol–water partition coefficient (Wildman–Crippen LogP) is 2.74. The summed E-state index contributed by atoms with van der Waals surface area (Å²) in [5.41, 5.74) is 3.91. The van der Waals surface area contributed by atoms with Crippen molar-refractivity contribution in [2.75, 3.05) is 6.54 Å². The van der Waals surface area contributed by atoms with E-state index in [1.807, 2.05) is 0 Å². The molecule has 0 saturated carbocycles. The van der Waals surface area contributed by atoms with Crippen molar-refractivity contribution in [3.8, 4) is 0 Å². The molecule has 1 saturated heterocycles. The summed E-state index contributed by atoms with van der Waals surface area (Å²) >= 11 is 0. The summed E-state index contributed by atoms with van der Waals surface area (Å²) in [6, 6.07) is 3.88. The molecule has 15 heavy (non-hydrogen) atoms. The molecule has 1 atom stereocenters. The van der Waals surface area contributed by atoms with Crippen LogP contribution in [0.4, 0.5) is 4.39 Å². The van der Waals surface area contributed by atoms with Gasteiger partial charge in [-0.1, -0.05) is 0 Å². The number of hydrogen-bond acceptors (Lipinski definition) is 1. The van der Waals surface area contributed by atoms with Crippen LogP contribution in [0.15, 0.2) is 12.1 Å². The Morgan fingerprint density at radius 2 is 2.13 bits per heavy atom. The van der Waals surface area contributed by atoms with Crippen LogP contribution < -0.4 is 5.32 Å². The van der Waals surface area contributed by atoms with Crippen LogP contribution in [-0.2, 0) is 12.8 Å². The zero-order valence-electron chi connectivity index (χ0n) is 8.85. The van der Waals surface area contributed by atoms with Crippen molar-refractivity contribution in [1.82, 2.24) is 5.32 Å². The molecule has 1 heterocycles. The molecular weight excluding hydrogens is 189 g/mol. The highest BCUT2D eigenvalue weighted by Crippen LogP contribution is 2.33. The number of fused-ring (bicyclic) bond motifs is 1. The fourth-order valence-electron chi connectivity index (χ4n) is 2.96. The quantitative estimate of drug-likeness (QED) is 0.743. The molecule has 1 aromatic rings. The van der Waals surface area contributed by atoms with E-state index in [1.54, 1.807) is 12.1 Å². The van der Waals surface area contributed by atoms with E-state index in [1.165, 1.54) is 29.5 Å². The maximum atomic E-state index is 13.4. The summed E-state index contributed by atoms with van der Waals surface area (Å²) < 4.78 is 13.4. The maximum absolute atomic E-state index is 13.4. The largest absolute Gasteiger partial charge is 0.310 e. The molecule has 0 aromatic heterocycles. The SMILES string of the molecule is Fc1cc2c(c([C@@H]3CCCN3)c1)CCC2. The van der Waals surface area contributed by atoms with E-state index in [0.29, 0.717) is 6.04 Å². The number of rotatable bonds is 1. The van der Waals surface area contributed by atoms with Crippen LogP contribution in [0.2, 0.25) is 0 Å². The van der Waals surface area contributed by atoms with Crippen molar-refractivity contribution in [3.05, 3.63) is 34.6 Å². The van der Waals surface area contributed by atoms with E-state index in [2.05, 4.69) is 5.32 Å². The van der Waals surface area contributed by atoms with Gasteiger partial charge in [0, 0.05) is 6.04 Å². The molecule has 1 aromatic carbocycles. The molecule has 1 aliphatic heterocycles. The minimum atomic E-state index is -0.0562. The predicted molar refractivity (Wildman–Crippen MR) is 58.4 cm³/mol. The molecule has 1 fully saturated rings. The normalized spacial score (nSPS) is 24.5. The van der Waals surface area contributed by atoms with E-state index in [-0.39, 0.29) is 5.82 Å². The third-order valence-corrected chi connectivity index (χ3v) is 3.65. The molecule has 1 N–H and O–H groups in total. The van der Waals surface area contributed by atoms with Gasteiger partial charge in [-0.25, -0.2) is 4.39 Å². The highest BCUT2D eigenvalue weighted by molar-refractivity contribution is 5.41. The topological polar surface area (TPSA) is 12.0 Å². The third kappa shape index (κ3) is 1.57. The lowest BCUT2D eigenvalue weighted by Gasteiger charge is -2.15. The monoisotopic (exact) mass is 205 g/mol. The Labute approximate surface area is 89.7 Å². The molecule has 0 unspecified atom stereocenters. The summed E-state index contributed by atoms with van der Waals surface area (Å²) in [5, 5.41) is 3.46. The Bertz CT molecular complexity index is 380. The van der Waals surface area contributed by atoms with Crippen LogP contribution in [0.25, 0.3) is 0 Å². The van der Waals surface area contributed by atoms with Gasteiger partial charge in [-0.15, -0.1) is 0 Å². The Morgan fingerprint density at radius 3 is 2.93 bits per heavy atom. The second-order valence-corrected chi connectivity index (χ2v) is 4.64. The van der Waals surface area contributed by atoms with Gasteiger partial charge in [0.15, 0.2) is 0 Å². The summed E-state index contributed by atoms with van der Waals surface area (Å²) in [6.45, 7) is 1.08. The van der Waals surface area contributed by atoms with E-state index in [9.17, 15) is 4.39 Å². The lowest BCUT2D eigenvalue weighted by atomic mass is 9.96. The maximum Gasteiger partial charge on any atom is 0.123 e. The lowest BCUT2D eigenvalue weighted by Crippen LogP contribution is -2.15. The number of hydrogen-bond donors (Lipinski definition) is 1. The van der Waals surface area contributed by atoms with Gasteiger partial charge in [0.1, 0.15) is 5.82 Å². The fourth-order valence-corrected chi connectivity index (χ4v) is 2.96. The van der Waals surface area contributed by atoms with Crippen molar-refractivity contribution in [2.24, 2.45) is 0 Å². The standard InChI is InChI=1S/C13H16FN/c14-10-7-9-3-1-4-11(9)12(8-10)13-5-2-6-15-13/h7-8,13,15H,1-6H2/t13-/m0/s1. The van der Waals surface area contributed by atoms with Gasteiger partial charge in [-0.2, -0.15) is 0 Å². The van der Waals surface area contributed by atoms with Gasteiger partial charge in [0.25, 0.3) is 0 Å². The Hall–Kier alpha value is -0.890. The van der Waals surface area contributed by atoms with Crippen LogP contribution >= 0.6 is 0 Å². The van der Waals surface area contributed by atoms with Gasteiger partial charge >= 0.3 is 0 Å². The summed E-state index contributed by atoms with van der Waals surface area (Å²) in [5.74, 6) is -0.0562. The van der Waals surface area contributed by atoms with Crippen LogP contribution in [0.1, 0.15) is 42.0 Å². The Kier molecular flexibility index (Phi) is 2.24. The first-order valence-electron chi connectivity index (χ1n) is 5.89. The summed E-state index contributed by atoms with van der Waals surface area (Å²) in [4.78, 5) is 0. The van der Waals surface area contributed by atoms with E-state index in [0.717, 1.165) is 25.8 Å². The molecule has 0 amide bonds. The average Bonchev–Trinajstić information content (AvgIpc) is 2.86. The number of aryl methyl sites for hydroxylation is 1. The molecule has 0 spiro atoms. The summed E-state index contributed by atoms with van der Waals surface area (Å²) in [6.07, 6.45) is 5.78. The van der Waals surface area contributed by atoms with Gasteiger partial charge in [-0.05, 0) is 67.5 Å². The first kappa shape index (κ1) is 9.34. The number of halogens is 1. The van der Waals surface area contributed by atoms with Crippen LogP contribution in [0.3, 0.4) is 0 Å². The smallest absolute Gasteiger partial charge is 0.123 e. The number of nitrogens with one attached hydrogen (secondary N) is 1. The first-order valence-corrected chi connectivity index (χ1v) is 5.89. The van der Waals surface area contributed by atoms with E-state index >= 15 is 0 Å². The van der Waals surface area contributed by atoms with E-state index in [4.69, 9.17) is 0 Å². The van der Waals surface area contributed by atoms with Crippen molar-refractivity contribution in [1.29, 1.82) is 0 Å². The zero-order valence-corrected chi connectivity index (χ0v) is 8.85. The molecule has 2 aliphatic rings. The number of benzene rings is 1. The van der Waals surface area contributed by atoms with Crippen LogP contribution in [0, 0.1) is 5.82 Å². The first-order chi connectivity index (χ1) is 7.34.